The van der Waals surface area contributed by atoms with Crippen LogP contribution in [0.3, 0.4) is 0 Å². The molecule has 0 aliphatic rings. The molecule has 0 spiro atoms. The summed E-state index contributed by atoms with van der Waals surface area (Å²) in [4.78, 5) is 11.5. The Morgan fingerprint density at radius 1 is 1.37 bits per heavy atom. The van der Waals surface area contributed by atoms with E-state index in [9.17, 15) is 4.79 Å². The normalized spacial score (nSPS) is 10.2. The van der Waals surface area contributed by atoms with Crippen molar-refractivity contribution in [2.45, 2.75) is 19.8 Å². The minimum Gasteiger partial charge on any atom is -0.484 e. The minimum atomic E-state index is -0.272. The van der Waals surface area contributed by atoms with E-state index in [0.717, 1.165) is 12.8 Å². The van der Waals surface area contributed by atoms with Crippen LogP contribution in [0.15, 0.2) is 30.5 Å². The quantitative estimate of drug-likeness (QED) is 0.829. The van der Waals surface area contributed by atoms with Crippen LogP contribution in [0.1, 0.15) is 18.9 Å². The summed E-state index contributed by atoms with van der Waals surface area (Å²) in [6.07, 6.45) is 3.59. The first-order valence-corrected chi connectivity index (χ1v) is 6.15. The van der Waals surface area contributed by atoms with Gasteiger partial charge in [0.2, 0.25) is 0 Å². The lowest BCUT2D eigenvalue weighted by Gasteiger charge is -2.06. The van der Waals surface area contributed by atoms with Gasteiger partial charge in [0.05, 0.1) is 6.20 Å². The van der Waals surface area contributed by atoms with Gasteiger partial charge in [-0.25, -0.2) is 0 Å². The lowest BCUT2D eigenvalue weighted by Crippen LogP contribution is -2.20. The summed E-state index contributed by atoms with van der Waals surface area (Å²) in [5, 5.41) is 12.3. The molecular formula is C13H16N4O2. The Balaban J connectivity index is 1.79. The summed E-state index contributed by atoms with van der Waals surface area (Å²) in [6, 6.07) is 7.76. The third-order valence-electron chi connectivity index (χ3n) is 2.51. The third-order valence-corrected chi connectivity index (χ3v) is 2.51. The van der Waals surface area contributed by atoms with Crippen LogP contribution in [-0.4, -0.2) is 27.9 Å². The Bertz CT molecular complexity index is 508. The largest absolute Gasteiger partial charge is 0.484 e. The lowest BCUT2D eigenvalue weighted by molar-refractivity contribution is -0.118. The molecule has 6 heteroatoms. The number of aryl methyl sites for hydroxylation is 1. The number of rotatable bonds is 6. The van der Waals surface area contributed by atoms with E-state index < -0.39 is 0 Å². The van der Waals surface area contributed by atoms with E-state index in [2.05, 4.69) is 27.7 Å². The summed E-state index contributed by atoms with van der Waals surface area (Å²) < 4.78 is 5.38. The molecule has 0 bridgehead atoms. The number of nitrogens with zero attached hydrogens (tertiary/aromatic N) is 2. The van der Waals surface area contributed by atoms with Gasteiger partial charge in [-0.1, -0.05) is 25.5 Å². The Morgan fingerprint density at radius 2 is 2.16 bits per heavy atom. The van der Waals surface area contributed by atoms with Gasteiger partial charge in [0.1, 0.15) is 5.75 Å². The number of amides is 1. The fraction of sp³-hybridized carbons (Fsp3) is 0.308. The number of carbonyl (C=O) groups is 1. The van der Waals surface area contributed by atoms with Gasteiger partial charge in [-0.3, -0.25) is 4.79 Å². The van der Waals surface area contributed by atoms with E-state index >= 15 is 0 Å². The average Bonchev–Trinajstić information content (AvgIpc) is 2.91. The van der Waals surface area contributed by atoms with Crippen molar-refractivity contribution in [3.05, 3.63) is 36.0 Å². The van der Waals surface area contributed by atoms with E-state index in [1.165, 1.54) is 11.8 Å². The summed E-state index contributed by atoms with van der Waals surface area (Å²) in [6.45, 7) is 2.08. The number of hydrogen-bond acceptors (Lipinski definition) is 4. The fourth-order valence-electron chi connectivity index (χ4n) is 1.63. The summed E-state index contributed by atoms with van der Waals surface area (Å²) in [5.74, 6) is 0.786. The molecule has 0 radical (unpaired) electrons. The lowest BCUT2D eigenvalue weighted by atomic mass is 10.1. The molecule has 0 saturated heterocycles. The van der Waals surface area contributed by atoms with Crippen LogP contribution < -0.4 is 10.1 Å². The predicted molar refractivity (Wildman–Crippen MR) is 70.9 cm³/mol. The summed E-state index contributed by atoms with van der Waals surface area (Å²) >= 11 is 0. The van der Waals surface area contributed by atoms with Crippen LogP contribution in [-0.2, 0) is 11.2 Å². The molecule has 1 aromatic heterocycles. The molecule has 2 N–H and O–H groups in total. The number of aromatic amines is 1. The van der Waals surface area contributed by atoms with Gasteiger partial charge >= 0.3 is 0 Å². The third kappa shape index (κ3) is 4.09. The van der Waals surface area contributed by atoms with Gasteiger partial charge in [0, 0.05) is 0 Å². The zero-order valence-electron chi connectivity index (χ0n) is 10.7. The highest BCUT2D eigenvalue weighted by Crippen LogP contribution is 2.13. The second-order valence-corrected chi connectivity index (χ2v) is 4.09. The van der Waals surface area contributed by atoms with E-state index in [-0.39, 0.29) is 12.5 Å². The standard InChI is InChI=1S/C13H16N4O2/c1-2-3-10-4-6-11(7-5-10)19-9-13(18)15-12-8-14-17-16-12/h4-8H,2-3,9H2,1H3,(H2,14,15,16,17,18). The second kappa shape index (κ2) is 6.53. The highest BCUT2D eigenvalue weighted by Gasteiger charge is 2.05. The number of H-pyrrole nitrogens is 1. The molecule has 100 valence electrons. The van der Waals surface area contributed by atoms with Crippen LogP contribution in [0.25, 0.3) is 0 Å². The summed E-state index contributed by atoms with van der Waals surface area (Å²) in [7, 11) is 0. The topological polar surface area (TPSA) is 79.9 Å². The Kier molecular flexibility index (Phi) is 4.49. The zero-order chi connectivity index (χ0) is 13.5. The number of carbonyl (C=O) groups excluding carboxylic acids is 1. The van der Waals surface area contributed by atoms with Crippen LogP contribution in [0.4, 0.5) is 5.82 Å². The number of nitrogens with one attached hydrogen (secondary N) is 2. The SMILES string of the molecule is CCCc1ccc(OCC(=O)Nc2cn[nH]n2)cc1. The molecule has 0 atom stereocenters. The molecule has 0 unspecified atom stereocenters. The van der Waals surface area contributed by atoms with Gasteiger partial charge < -0.3 is 10.1 Å². The van der Waals surface area contributed by atoms with Crippen LogP contribution >= 0.6 is 0 Å². The fourth-order valence-corrected chi connectivity index (χ4v) is 1.63. The number of hydrogen-bond donors (Lipinski definition) is 2. The van der Waals surface area contributed by atoms with Gasteiger partial charge in [-0.05, 0) is 24.1 Å². The monoisotopic (exact) mass is 260 g/mol. The molecular weight excluding hydrogens is 244 g/mol. The van der Waals surface area contributed by atoms with Crippen LogP contribution in [0, 0.1) is 0 Å². The number of benzene rings is 1. The van der Waals surface area contributed by atoms with E-state index in [4.69, 9.17) is 4.74 Å². The molecule has 0 saturated carbocycles. The van der Waals surface area contributed by atoms with E-state index in [1.54, 1.807) is 0 Å². The van der Waals surface area contributed by atoms with E-state index in [0.29, 0.717) is 11.6 Å². The van der Waals surface area contributed by atoms with Crippen molar-refractivity contribution in [3.63, 3.8) is 0 Å². The Morgan fingerprint density at radius 3 is 2.79 bits per heavy atom. The van der Waals surface area contributed by atoms with Crippen molar-refractivity contribution in [1.29, 1.82) is 0 Å². The molecule has 6 nitrogen and oxygen atoms in total. The average molecular weight is 260 g/mol. The highest BCUT2D eigenvalue weighted by atomic mass is 16.5. The maximum atomic E-state index is 11.5. The minimum absolute atomic E-state index is 0.0556. The van der Waals surface area contributed by atoms with Crippen molar-refractivity contribution >= 4 is 11.7 Å². The molecule has 1 amide bonds. The highest BCUT2D eigenvalue weighted by molar-refractivity contribution is 5.90. The molecule has 1 aromatic carbocycles. The summed E-state index contributed by atoms with van der Waals surface area (Å²) in [5.41, 5.74) is 1.27. The zero-order valence-corrected chi connectivity index (χ0v) is 10.7. The van der Waals surface area contributed by atoms with Gasteiger partial charge in [0.15, 0.2) is 12.4 Å². The van der Waals surface area contributed by atoms with E-state index in [1.807, 2.05) is 24.3 Å². The number of aromatic nitrogens is 3. The predicted octanol–water partition coefficient (Wildman–Crippen LogP) is 1.77. The first kappa shape index (κ1) is 13.1. The maximum Gasteiger partial charge on any atom is 0.263 e. The second-order valence-electron chi connectivity index (χ2n) is 4.09. The van der Waals surface area contributed by atoms with Crippen molar-refractivity contribution in [2.75, 3.05) is 11.9 Å². The molecule has 0 aliphatic carbocycles. The maximum absolute atomic E-state index is 11.5. The van der Waals surface area contributed by atoms with Crippen molar-refractivity contribution in [2.24, 2.45) is 0 Å². The first-order valence-electron chi connectivity index (χ1n) is 6.15. The number of anilines is 1. The Labute approximate surface area is 111 Å². The van der Waals surface area contributed by atoms with Crippen molar-refractivity contribution in [3.8, 4) is 5.75 Å². The van der Waals surface area contributed by atoms with Gasteiger partial charge in [0.25, 0.3) is 5.91 Å². The molecule has 1 heterocycles. The molecule has 2 aromatic rings. The van der Waals surface area contributed by atoms with Crippen LogP contribution in [0.2, 0.25) is 0 Å². The van der Waals surface area contributed by atoms with Gasteiger partial charge in [-0.15, -0.1) is 5.10 Å². The van der Waals surface area contributed by atoms with Crippen molar-refractivity contribution < 1.29 is 9.53 Å². The molecule has 0 fully saturated rings. The van der Waals surface area contributed by atoms with Crippen LogP contribution in [0.5, 0.6) is 5.75 Å². The molecule has 2 rings (SSSR count). The smallest absolute Gasteiger partial charge is 0.263 e. The van der Waals surface area contributed by atoms with Gasteiger partial charge in [-0.2, -0.15) is 10.3 Å². The van der Waals surface area contributed by atoms with Crippen molar-refractivity contribution in [1.82, 2.24) is 15.4 Å². The molecule has 0 aliphatic heterocycles. The Hall–Kier alpha value is -2.37. The number of ether oxygens (including phenoxy) is 1. The molecule has 19 heavy (non-hydrogen) atoms. The first-order chi connectivity index (χ1) is 9.28.